The number of amides is 16. The van der Waals surface area contributed by atoms with Crippen LogP contribution in [0.2, 0.25) is 0 Å². The van der Waals surface area contributed by atoms with Crippen molar-refractivity contribution in [2.45, 2.75) is 189 Å². The SMILES string of the molecule is CCC1NC(=O)[C@H](Cc2ccc(O)cc2)NC(=O)[C@@H]2CSSC[C@H](NC(=O)[C@H]([C@@H](C)CC)NC(=O)[C@@H]3CCCN3C(=O)[C@@H]3CCCN3C(=O)[C@H](CC(=O)O)NC(=O)[C@H](CO)NC1=O)C(=O)N[C@@H](CC(N)=O)C(=O)N1CCC[C@H]1C(=O)N[C@@H](CC(N)=O)C(=O)NCC(=O)N[C@@H]([C@@H](C)O)C(=O)N2. The standard InChI is InChI=1S/C61H88N16O21S2/c1-5-28(3)47-57(94)71-39-27-100-99-26-38(72-58(95)48(29(4)79)73-45(83)24-64-49(86)34(21-43(62)81)67-55(92)40-10-7-17-75(40)59(96)35(22-44(63)82)68-54(39)91)53(90)66-33(20-30-13-15-31(80)16-14-30)51(88)65-32(6-2)50(87)70-37(25-78)52(89)69-36(23-46(84)85)60(97)77-19-9-12-42(77)61(98)76-18-8-11-41(76)56(93)74-47/h13-16,28-29,32-42,47-48,78-80H,5-12,17-27H2,1-4H3,(H2,62,81)(H2,63,82)(H,64,86)(H,65,88)(H,66,90)(H,67,92)(H,68,91)(H,69,89)(H,70,87)(H,71,94)(H,72,95)(H,73,83)(H,74,93)(H,84,85)/t28-,29+,32?,33-,34-,35-,36-,37-,38-,39-,40-,41-,42-,47-,48-/m0/s1. The van der Waals surface area contributed by atoms with Gasteiger partial charge < -0.3 is 105 Å². The molecule has 1 aromatic carbocycles. The summed E-state index contributed by atoms with van der Waals surface area (Å²) in [5, 5.41) is 68.1. The van der Waals surface area contributed by atoms with Crippen LogP contribution in [-0.2, 0) is 87.9 Å². The Morgan fingerprint density at radius 1 is 0.510 bits per heavy atom. The Hall–Kier alpha value is -9.37. The Balaban J connectivity index is 1.49. The lowest BCUT2D eigenvalue weighted by atomic mass is 9.97. The lowest BCUT2D eigenvalue weighted by molar-refractivity contribution is -0.150. The van der Waals surface area contributed by atoms with Gasteiger partial charge in [-0.1, -0.05) is 60.9 Å². The zero-order valence-electron chi connectivity index (χ0n) is 55.4. The quantitative estimate of drug-likeness (QED) is 0.0816. The van der Waals surface area contributed by atoms with Gasteiger partial charge in [0, 0.05) is 37.6 Å². The minimum atomic E-state index is -1.95. The molecule has 0 aromatic heterocycles. The third-order valence-electron chi connectivity index (χ3n) is 17.5. The van der Waals surface area contributed by atoms with Crippen molar-refractivity contribution >= 4 is 122 Å². The molecular formula is C61H88N16O21S2. The first-order valence-electron chi connectivity index (χ1n) is 32.7. The summed E-state index contributed by atoms with van der Waals surface area (Å²) in [5.41, 5.74) is 11.4. The van der Waals surface area contributed by atoms with Crippen LogP contribution in [0.3, 0.4) is 0 Å². The molecule has 1 unspecified atom stereocenters. The van der Waals surface area contributed by atoms with E-state index in [0.29, 0.717) is 0 Å². The summed E-state index contributed by atoms with van der Waals surface area (Å²) in [6, 6.07) is -16.6. The van der Waals surface area contributed by atoms with Crippen molar-refractivity contribution in [2.75, 3.05) is 44.3 Å². The van der Waals surface area contributed by atoms with Crippen LogP contribution >= 0.6 is 21.6 Å². The fourth-order valence-corrected chi connectivity index (χ4v) is 14.2. The van der Waals surface area contributed by atoms with Crippen LogP contribution in [0, 0.1) is 5.92 Å². The average Bonchev–Trinajstić information content (AvgIpc) is 1.63. The smallest absolute Gasteiger partial charge is 0.305 e. The van der Waals surface area contributed by atoms with Crippen molar-refractivity contribution in [1.29, 1.82) is 0 Å². The number of primary amides is 2. The van der Waals surface area contributed by atoms with Crippen LogP contribution in [0.1, 0.15) is 104 Å². The van der Waals surface area contributed by atoms with Gasteiger partial charge in [-0.05, 0) is 75.5 Å². The van der Waals surface area contributed by atoms with Crippen molar-refractivity contribution < 1.29 is 102 Å². The minimum Gasteiger partial charge on any atom is -0.508 e. The molecule has 0 radical (unpaired) electrons. The molecule has 15 atom stereocenters. The average molecular weight is 1450 g/mol. The molecule has 6 rings (SSSR count). The number of aliphatic carboxylic acids is 1. The molecule has 0 spiro atoms. The number of hydrogen-bond acceptors (Lipinski definition) is 22. The highest BCUT2D eigenvalue weighted by Gasteiger charge is 2.47. The molecule has 19 N–H and O–H groups in total. The number of aliphatic hydroxyl groups is 2. The van der Waals surface area contributed by atoms with Crippen LogP contribution in [0.15, 0.2) is 24.3 Å². The Kier molecular flexibility index (Phi) is 29.6. The molecule has 550 valence electrons. The number of nitrogens with two attached hydrogens (primary N) is 2. The van der Waals surface area contributed by atoms with Crippen molar-refractivity contribution in [3.8, 4) is 5.75 Å². The molecule has 0 saturated carbocycles. The second kappa shape index (κ2) is 37.2. The van der Waals surface area contributed by atoms with Crippen molar-refractivity contribution in [3.63, 3.8) is 0 Å². The van der Waals surface area contributed by atoms with E-state index in [4.69, 9.17) is 11.5 Å². The molecule has 5 fully saturated rings. The number of aliphatic hydroxyl groups excluding tert-OH is 2. The number of hydrogen-bond donors (Lipinski definition) is 17. The predicted octanol–water partition coefficient (Wildman–Crippen LogP) is -7.66. The van der Waals surface area contributed by atoms with Gasteiger partial charge >= 0.3 is 5.97 Å². The number of phenolic OH excluding ortho intramolecular Hbond substituents is 1. The lowest BCUT2D eigenvalue weighted by Gasteiger charge is -2.34. The number of rotatable bonds is 13. The van der Waals surface area contributed by atoms with E-state index in [1.807, 2.05) is 0 Å². The molecule has 0 aliphatic carbocycles. The first-order valence-corrected chi connectivity index (χ1v) is 35.2. The van der Waals surface area contributed by atoms with E-state index in [0.717, 1.165) is 38.3 Å². The van der Waals surface area contributed by atoms with E-state index in [1.165, 1.54) is 36.1 Å². The zero-order valence-corrected chi connectivity index (χ0v) is 57.1. The first-order chi connectivity index (χ1) is 47.3. The van der Waals surface area contributed by atoms with Gasteiger partial charge in [0.15, 0.2) is 0 Å². The van der Waals surface area contributed by atoms with Gasteiger partial charge in [0.25, 0.3) is 0 Å². The number of carbonyl (C=O) groups excluding carboxylic acids is 16. The van der Waals surface area contributed by atoms with Crippen molar-refractivity contribution in [1.82, 2.24) is 73.2 Å². The van der Waals surface area contributed by atoms with Crippen LogP contribution < -0.4 is 70.0 Å². The number of aromatic hydroxyl groups is 1. The van der Waals surface area contributed by atoms with Gasteiger partial charge in [0.1, 0.15) is 84.3 Å². The number of carbonyl (C=O) groups is 17. The molecule has 37 nitrogen and oxygen atoms in total. The Morgan fingerprint density at radius 3 is 1.47 bits per heavy atom. The summed E-state index contributed by atoms with van der Waals surface area (Å²) in [6.45, 7) is 3.33. The molecule has 39 heteroatoms. The van der Waals surface area contributed by atoms with Crippen LogP contribution in [0.4, 0.5) is 0 Å². The third-order valence-corrected chi connectivity index (χ3v) is 20.0. The maximum Gasteiger partial charge on any atom is 0.305 e. The molecule has 5 saturated heterocycles. The first kappa shape index (κ1) is 79.6. The molecule has 5 heterocycles. The number of nitrogens with zero attached hydrogens (tertiary/aromatic N) is 3. The van der Waals surface area contributed by atoms with Gasteiger partial charge in [0.05, 0.1) is 38.5 Å². The monoisotopic (exact) mass is 1440 g/mol. The molecule has 2 bridgehead atoms. The third kappa shape index (κ3) is 21.8. The number of nitrogens with one attached hydrogen (secondary N) is 11. The predicted molar refractivity (Wildman–Crippen MR) is 352 cm³/mol. The van der Waals surface area contributed by atoms with Gasteiger partial charge in [0.2, 0.25) is 94.5 Å². The molecule has 1 aromatic rings. The van der Waals surface area contributed by atoms with Crippen LogP contribution in [0.25, 0.3) is 0 Å². The number of carboxylic acids is 1. The Morgan fingerprint density at radius 2 is 0.950 bits per heavy atom. The maximum absolute atomic E-state index is 14.9. The summed E-state index contributed by atoms with van der Waals surface area (Å²) < 4.78 is 0. The van der Waals surface area contributed by atoms with Crippen molar-refractivity contribution in [3.05, 3.63) is 29.8 Å². The zero-order chi connectivity index (χ0) is 73.8. The van der Waals surface area contributed by atoms with Gasteiger partial charge in [-0.3, -0.25) is 81.5 Å². The van der Waals surface area contributed by atoms with E-state index in [-0.39, 0.29) is 82.3 Å². The topological polar surface area (TPSA) is 565 Å². The van der Waals surface area contributed by atoms with E-state index < -0.39 is 241 Å². The van der Waals surface area contributed by atoms with E-state index in [1.54, 1.807) is 13.8 Å². The number of fused-ring (bicyclic) bond motifs is 8. The highest BCUT2D eigenvalue weighted by molar-refractivity contribution is 8.76. The molecule has 5 aliphatic heterocycles. The summed E-state index contributed by atoms with van der Waals surface area (Å²) in [6.07, 6.45) is -4.43. The number of phenols is 1. The summed E-state index contributed by atoms with van der Waals surface area (Å²) in [7, 11) is 1.51. The van der Waals surface area contributed by atoms with Crippen molar-refractivity contribution in [2.24, 2.45) is 17.4 Å². The highest BCUT2D eigenvalue weighted by atomic mass is 33.1. The van der Waals surface area contributed by atoms with Gasteiger partial charge in [-0.25, -0.2) is 0 Å². The van der Waals surface area contributed by atoms with Crippen LogP contribution in [0.5, 0.6) is 5.75 Å². The normalized spacial score (nSPS) is 29.0. The molecule has 5 aliphatic rings. The Labute approximate surface area is 581 Å². The minimum absolute atomic E-state index is 0.0247. The fourth-order valence-electron chi connectivity index (χ4n) is 11.9. The highest BCUT2D eigenvalue weighted by Crippen LogP contribution is 2.28. The van der Waals surface area contributed by atoms with E-state index in [9.17, 15) is 102 Å². The summed E-state index contributed by atoms with van der Waals surface area (Å²) in [4.78, 5) is 242. The van der Waals surface area contributed by atoms with Gasteiger partial charge in [-0.2, -0.15) is 0 Å². The largest absolute Gasteiger partial charge is 0.508 e. The summed E-state index contributed by atoms with van der Waals surface area (Å²) in [5.74, 6) is -21.0. The van der Waals surface area contributed by atoms with E-state index in [2.05, 4.69) is 58.5 Å². The van der Waals surface area contributed by atoms with Gasteiger partial charge in [-0.15, -0.1) is 0 Å². The Bertz CT molecular complexity index is 3280. The molecule has 16 amide bonds. The second-order valence-corrected chi connectivity index (χ2v) is 27.5. The van der Waals surface area contributed by atoms with Crippen LogP contribution in [-0.4, -0.2) is 265 Å². The number of benzene rings is 1. The lowest BCUT2D eigenvalue weighted by Crippen LogP contribution is -2.62. The molecular weight excluding hydrogens is 1360 g/mol. The summed E-state index contributed by atoms with van der Waals surface area (Å²) >= 11 is 0. The number of carboxylic acid groups (broad SMARTS) is 1. The van der Waals surface area contributed by atoms with E-state index >= 15 is 0 Å². The molecule has 100 heavy (non-hydrogen) atoms. The maximum atomic E-state index is 14.9. The fraction of sp³-hybridized carbons (Fsp3) is 0.623. The second-order valence-electron chi connectivity index (χ2n) is 24.9.